The van der Waals surface area contributed by atoms with Crippen molar-refractivity contribution in [2.24, 2.45) is 0 Å². The van der Waals surface area contributed by atoms with Crippen LogP contribution in [0, 0.1) is 0 Å². The smallest absolute Gasteiger partial charge is 0.375 e. The van der Waals surface area contributed by atoms with Crippen molar-refractivity contribution in [1.29, 1.82) is 0 Å². The Hall–Kier alpha value is -0.320. The average molecular weight is 308 g/mol. The Morgan fingerprint density at radius 3 is 2.61 bits per heavy atom. The SMILES string of the molecule is CC(=O)S[C@H]1CO[C@@H](COS(=O)(=O)C(F)(F)F)C1. The van der Waals surface area contributed by atoms with Crippen LogP contribution in [0.4, 0.5) is 13.2 Å². The molecule has 1 aliphatic rings. The highest BCUT2D eigenvalue weighted by Crippen LogP contribution is 2.28. The number of alkyl halides is 3. The lowest BCUT2D eigenvalue weighted by molar-refractivity contribution is -0.109. The van der Waals surface area contributed by atoms with E-state index in [2.05, 4.69) is 4.18 Å². The Balaban J connectivity index is 2.41. The van der Waals surface area contributed by atoms with Crippen molar-refractivity contribution < 1.29 is 35.3 Å². The third kappa shape index (κ3) is 4.41. The van der Waals surface area contributed by atoms with Gasteiger partial charge in [0.1, 0.15) is 0 Å². The quantitative estimate of drug-likeness (QED) is 0.576. The first-order chi connectivity index (χ1) is 8.12. The molecule has 1 aliphatic heterocycles. The van der Waals surface area contributed by atoms with E-state index in [-0.39, 0.29) is 23.4 Å². The monoisotopic (exact) mass is 308 g/mol. The molecule has 0 saturated carbocycles. The van der Waals surface area contributed by atoms with E-state index in [0.29, 0.717) is 0 Å². The number of rotatable bonds is 4. The number of halogens is 3. The molecule has 0 aliphatic carbocycles. The molecule has 1 saturated heterocycles. The van der Waals surface area contributed by atoms with Gasteiger partial charge in [0.2, 0.25) is 0 Å². The molecule has 1 heterocycles. The van der Waals surface area contributed by atoms with Gasteiger partial charge >= 0.3 is 15.6 Å². The molecule has 1 rings (SSSR count). The summed E-state index contributed by atoms with van der Waals surface area (Å²) in [5.41, 5.74) is -5.43. The molecule has 0 N–H and O–H groups in total. The van der Waals surface area contributed by atoms with Gasteiger partial charge in [-0.25, -0.2) is 0 Å². The van der Waals surface area contributed by atoms with E-state index in [9.17, 15) is 26.4 Å². The zero-order valence-electron chi connectivity index (χ0n) is 9.27. The molecular weight excluding hydrogens is 297 g/mol. The Morgan fingerprint density at radius 2 is 2.11 bits per heavy atom. The second-order valence-corrected chi connectivity index (χ2v) is 6.69. The Morgan fingerprint density at radius 1 is 1.50 bits per heavy atom. The van der Waals surface area contributed by atoms with Crippen molar-refractivity contribution in [3.8, 4) is 0 Å². The molecule has 0 radical (unpaired) electrons. The van der Waals surface area contributed by atoms with Gasteiger partial charge in [0, 0.05) is 12.2 Å². The minimum atomic E-state index is -5.58. The molecule has 5 nitrogen and oxygen atoms in total. The summed E-state index contributed by atoms with van der Waals surface area (Å²) in [7, 11) is -5.58. The molecule has 2 atom stereocenters. The van der Waals surface area contributed by atoms with E-state index in [0.717, 1.165) is 11.8 Å². The van der Waals surface area contributed by atoms with Gasteiger partial charge in [0.05, 0.1) is 19.3 Å². The molecule has 0 bridgehead atoms. The second kappa shape index (κ2) is 5.76. The van der Waals surface area contributed by atoms with Crippen LogP contribution < -0.4 is 0 Å². The predicted molar refractivity (Wildman–Crippen MR) is 57.3 cm³/mol. The van der Waals surface area contributed by atoms with E-state index in [1.54, 1.807) is 0 Å². The van der Waals surface area contributed by atoms with E-state index in [1.165, 1.54) is 6.92 Å². The third-order valence-corrected chi connectivity index (χ3v) is 4.08. The fourth-order valence-electron chi connectivity index (χ4n) is 1.34. The van der Waals surface area contributed by atoms with Crippen molar-refractivity contribution in [1.82, 2.24) is 0 Å². The standard InChI is InChI=1S/C8H11F3O5S2/c1-5(12)17-7-2-6(15-4-7)3-16-18(13,14)8(9,10)11/h6-7H,2-4H2,1H3/t6-,7-/m1/s1. The van der Waals surface area contributed by atoms with Gasteiger partial charge in [-0.2, -0.15) is 21.6 Å². The number of carbonyl (C=O) groups is 1. The largest absolute Gasteiger partial charge is 0.523 e. The van der Waals surface area contributed by atoms with Crippen LogP contribution in [0.2, 0.25) is 0 Å². The summed E-state index contributed by atoms with van der Waals surface area (Å²) in [5.74, 6) is 0. The number of ether oxygens (including phenoxy) is 1. The van der Waals surface area contributed by atoms with E-state index >= 15 is 0 Å². The maximum Gasteiger partial charge on any atom is 0.523 e. The van der Waals surface area contributed by atoms with Crippen molar-refractivity contribution in [2.45, 2.75) is 30.2 Å². The summed E-state index contributed by atoms with van der Waals surface area (Å²) in [6.07, 6.45) is -0.476. The third-order valence-electron chi connectivity index (χ3n) is 2.07. The molecule has 0 aromatic rings. The van der Waals surface area contributed by atoms with Gasteiger partial charge in [-0.15, -0.1) is 0 Å². The van der Waals surface area contributed by atoms with Crippen LogP contribution >= 0.6 is 11.8 Å². The second-order valence-electron chi connectivity index (χ2n) is 3.61. The Labute approximate surface area is 106 Å². The highest BCUT2D eigenvalue weighted by molar-refractivity contribution is 8.14. The number of hydrogen-bond donors (Lipinski definition) is 0. The number of hydrogen-bond acceptors (Lipinski definition) is 6. The summed E-state index contributed by atoms with van der Waals surface area (Å²) in [6, 6.07) is 0. The number of carbonyl (C=O) groups excluding carboxylic acids is 1. The molecule has 10 heteroatoms. The van der Waals surface area contributed by atoms with Gasteiger partial charge in [-0.1, -0.05) is 11.8 Å². The zero-order chi connectivity index (χ0) is 14.0. The lowest BCUT2D eigenvalue weighted by Gasteiger charge is -2.11. The van der Waals surface area contributed by atoms with Crippen LogP contribution in [0.5, 0.6) is 0 Å². The molecule has 1 fully saturated rings. The topological polar surface area (TPSA) is 69.7 Å². The van der Waals surface area contributed by atoms with Crippen LogP contribution in [0.3, 0.4) is 0 Å². The van der Waals surface area contributed by atoms with Crippen molar-refractivity contribution in [2.75, 3.05) is 13.2 Å². The highest BCUT2D eigenvalue weighted by atomic mass is 32.2. The lowest BCUT2D eigenvalue weighted by atomic mass is 10.2. The molecule has 0 spiro atoms. The minimum absolute atomic E-state index is 0.131. The molecule has 0 unspecified atom stereocenters. The Kier molecular flexibility index (Phi) is 5.04. The van der Waals surface area contributed by atoms with Crippen LogP contribution in [0.25, 0.3) is 0 Å². The van der Waals surface area contributed by atoms with Crippen molar-refractivity contribution >= 4 is 27.0 Å². The predicted octanol–water partition coefficient (Wildman–Crippen LogP) is 1.29. The lowest BCUT2D eigenvalue weighted by Crippen LogP contribution is -2.29. The van der Waals surface area contributed by atoms with Crippen LogP contribution in [0.15, 0.2) is 0 Å². The highest BCUT2D eigenvalue weighted by Gasteiger charge is 2.47. The first kappa shape index (κ1) is 15.7. The van der Waals surface area contributed by atoms with E-state index in [4.69, 9.17) is 4.74 Å². The molecule has 0 aromatic carbocycles. The van der Waals surface area contributed by atoms with Crippen LogP contribution in [-0.4, -0.2) is 43.6 Å². The summed E-state index contributed by atoms with van der Waals surface area (Å²) in [5, 5.41) is -0.308. The summed E-state index contributed by atoms with van der Waals surface area (Å²) < 4.78 is 66.0. The fourth-order valence-corrected chi connectivity index (χ4v) is 2.73. The first-order valence-electron chi connectivity index (χ1n) is 4.86. The summed E-state index contributed by atoms with van der Waals surface area (Å²) in [4.78, 5) is 10.8. The van der Waals surface area contributed by atoms with Gasteiger partial charge < -0.3 is 4.74 Å². The van der Waals surface area contributed by atoms with Gasteiger partial charge in [-0.3, -0.25) is 8.98 Å². The maximum atomic E-state index is 12.0. The molecule has 106 valence electrons. The average Bonchev–Trinajstić information content (AvgIpc) is 2.60. The molecule has 18 heavy (non-hydrogen) atoms. The maximum absolute atomic E-state index is 12.0. The summed E-state index contributed by atoms with van der Waals surface area (Å²) >= 11 is 1.01. The first-order valence-corrected chi connectivity index (χ1v) is 7.15. The molecule has 0 aromatic heterocycles. The van der Waals surface area contributed by atoms with Crippen molar-refractivity contribution in [3.63, 3.8) is 0 Å². The zero-order valence-corrected chi connectivity index (χ0v) is 10.9. The summed E-state index contributed by atoms with van der Waals surface area (Å²) in [6.45, 7) is 0.851. The molecule has 0 amide bonds. The van der Waals surface area contributed by atoms with Gasteiger partial charge in [0.15, 0.2) is 5.12 Å². The number of thioether (sulfide) groups is 1. The van der Waals surface area contributed by atoms with Crippen LogP contribution in [-0.2, 0) is 23.8 Å². The van der Waals surface area contributed by atoms with Crippen LogP contribution in [0.1, 0.15) is 13.3 Å². The normalized spacial score (nSPS) is 25.3. The fraction of sp³-hybridized carbons (Fsp3) is 0.875. The van der Waals surface area contributed by atoms with Gasteiger partial charge in [-0.05, 0) is 6.42 Å². The van der Waals surface area contributed by atoms with E-state index < -0.39 is 28.3 Å². The molecular formula is C8H11F3O5S2. The van der Waals surface area contributed by atoms with Crippen molar-refractivity contribution in [3.05, 3.63) is 0 Å². The minimum Gasteiger partial charge on any atom is -0.375 e. The van der Waals surface area contributed by atoms with Gasteiger partial charge in [0.25, 0.3) is 0 Å². The van der Waals surface area contributed by atoms with E-state index in [1.807, 2.05) is 0 Å². The Bertz CT molecular complexity index is 405.